The quantitative estimate of drug-likeness (QED) is 0.177. The smallest absolute Gasteiger partial charge is 0.358 e. The van der Waals surface area contributed by atoms with Gasteiger partial charge in [-0.25, -0.2) is 9.48 Å². The van der Waals surface area contributed by atoms with Crippen LogP contribution in [-0.4, -0.2) is 48.3 Å². The van der Waals surface area contributed by atoms with Crippen LogP contribution in [0.25, 0.3) is 16.5 Å². The highest BCUT2D eigenvalue weighted by Crippen LogP contribution is 2.32. The molecular weight excluding hydrogens is 528 g/mol. The van der Waals surface area contributed by atoms with Crippen LogP contribution in [0.1, 0.15) is 17.4 Å². The van der Waals surface area contributed by atoms with Crippen molar-refractivity contribution in [2.45, 2.75) is 16.7 Å². The van der Waals surface area contributed by atoms with E-state index >= 15 is 0 Å². The third-order valence-corrected chi connectivity index (χ3v) is 6.91. The standard InChI is InChI=1S/C22H18N4O9S2/c1-2-35-22(28)20-19(21(27)26(25-20)13-7-9-14(10-8-13)36(29,30)31)24-23-17-11-12-18(37(32,33)34)16-6-4-3-5-15(16)17/h3-12,25H,2H2,1H3,(H,29,30,31)(H,32,33,34)/b24-23+. The molecule has 0 radical (unpaired) electrons. The fraction of sp³-hybridized carbons (Fsp3) is 0.0909. The highest BCUT2D eigenvalue weighted by molar-refractivity contribution is 7.86. The van der Waals surface area contributed by atoms with E-state index in [1.54, 1.807) is 19.1 Å². The Balaban J connectivity index is 1.85. The highest BCUT2D eigenvalue weighted by Gasteiger charge is 2.23. The Labute approximate surface area is 209 Å². The zero-order valence-electron chi connectivity index (χ0n) is 18.9. The number of hydrogen-bond donors (Lipinski definition) is 3. The van der Waals surface area contributed by atoms with E-state index in [1.807, 2.05) is 0 Å². The second kappa shape index (κ2) is 9.70. The number of rotatable bonds is 7. The largest absolute Gasteiger partial charge is 0.461 e. The molecule has 0 aliphatic heterocycles. The Hall–Kier alpha value is -4.18. The lowest BCUT2D eigenvalue weighted by Crippen LogP contribution is -2.14. The number of carbonyl (C=O) groups is 1. The van der Waals surface area contributed by atoms with Gasteiger partial charge in [-0.15, -0.1) is 10.2 Å². The highest BCUT2D eigenvalue weighted by atomic mass is 32.2. The van der Waals surface area contributed by atoms with E-state index in [9.17, 15) is 31.0 Å². The summed E-state index contributed by atoms with van der Waals surface area (Å²) in [4.78, 5) is 24.9. The minimum atomic E-state index is -4.53. The van der Waals surface area contributed by atoms with Crippen LogP contribution in [0.3, 0.4) is 0 Å². The molecule has 1 heterocycles. The number of H-pyrrole nitrogens is 1. The fourth-order valence-electron chi connectivity index (χ4n) is 3.49. The van der Waals surface area contributed by atoms with Crippen LogP contribution in [0.4, 0.5) is 11.4 Å². The number of benzene rings is 3. The summed E-state index contributed by atoms with van der Waals surface area (Å²) < 4.78 is 70.6. The SMILES string of the molecule is CCOC(=O)c1[nH]n(-c2ccc(S(=O)(=O)O)cc2)c(=O)c1/N=N/c1ccc(S(=O)(=O)O)c2ccccc12. The van der Waals surface area contributed by atoms with Gasteiger partial charge < -0.3 is 4.74 Å². The number of nitrogens with one attached hydrogen (secondary N) is 1. The Morgan fingerprint density at radius 1 is 0.919 bits per heavy atom. The molecule has 3 N–H and O–H groups in total. The number of carbonyl (C=O) groups excluding carboxylic acids is 1. The number of aromatic amines is 1. The van der Waals surface area contributed by atoms with Crippen LogP contribution < -0.4 is 5.56 Å². The van der Waals surface area contributed by atoms with Crippen LogP contribution in [-0.2, 0) is 25.0 Å². The normalized spacial score (nSPS) is 12.3. The van der Waals surface area contributed by atoms with E-state index in [0.717, 1.165) is 22.9 Å². The Morgan fingerprint density at radius 3 is 2.16 bits per heavy atom. The zero-order valence-corrected chi connectivity index (χ0v) is 20.5. The van der Waals surface area contributed by atoms with Gasteiger partial charge in [-0.1, -0.05) is 24.3 Å². The van der Waals surface area contributed by atoms with E-state index in [-0.39, 0.29) is 34.0 Å². The maximum atomic E-state index is 13.1. The minimum absolute atomic E-state index is 0.00653. The third-order valence-electron chi connectivity index (χ3n) is 5.14. The fourth-order valence-corrected chi connectivity index (χ4v) is 4.66. The van der Waals surface area contributed by atoms with Crippen LogP contribution in [0.15, 0.2) is 85.5 Å². The molecule has 15 heteroatoms. The molecule has 1 aromatic heterocycles. The van der Waals surface area contributed by atoms with Crippen molar-refractivity contribution in [3.8, 4) is 5.69 Å². The van der Waals surface area contributed by atoms with Gasteiger partial charge in [0, 0.05) is 10.8 Å². The van der Waals surface area contributed by atoms with Gasteiger partial charge in [0.2, 0.25) is 0 Å². The zero-order chi connectivity index (χ0) is 27.0. The summed E-state index contributed by atoms with van der Waals surface area (Å²) in [6, 6.07) is 13.1. The van der Waals surface area contributed by atoms with E-state index in [1.165, 1.54) is 30.3 Å². The van der Waals surface area contributed by atoms with Crippen molar-refractivity contribution in [3.63, 3.8) is 0 Å². The number of aromatic nitrogens is 2. The number of esters is 1. The molecule has 0 fully saturated rings. The topological polar surface area (TPSA) is 198 Å². The number of nitrogens with zero attached hydrogens (tertiary/aromatic N) is 3. The summed E-state index contributed by atoms with van der Waals surface area (Å²) in [5.74, 6) is -0.909. The second-order valence-corrected chi connectivity index (χ2v) is 10.3. The maximum absolute atomic E-state index is 13.1. The average molecular weight is 547 g/mol. The van der Waals surface area contributed by atoms with Crippen molar-refractivity contribution < 1.29 is 35.5 Å². The number of hydrogen-bond acceptors (Lipinski definition) is 9. The van der Waals surface area contributed by atoms with E-state index < -0.39 is 42.3 Å². The van der Waals surface area contributed by atoms with Crippen LogP contribution in [0.2, 0.25) is 0 Å². The lowest BCUT2D eigenvalue weighted by Gasteiger charge is -2.05. The molecule has 3 aromatic carbocycles. The monoisotopic (exact) mass is 546 g/mol. The van der Waals surface area contributed by atoms with Crippen molar-refractivity contribution in [2.75, 3.05) is 6.61 Å². The molecule has 0 aliphatic rings. The van der Waals surface area contributed by atoms with Gasteiger partial charge in [-0.05, 0) is 43.3 Å². The summed E-state index contributed by atoms with van der Waals surface area (Å²) in [5, 5.41) is 11.0. The van der Waals surface area contributed by atoms with Gasteiger partial charge >= 0.3 is 5.97 Å². The van der Waals surface area contributed by atoms with Gasteiger partial charge in [0.25, 0.3) is 25.8 Å². The van der Waals surface area contributed by atoms with Crippen LogP contribution >= 0.6 is 0 Å². The molecule has 0 saturated heterocycles. The van der Waals surface area contributed by atoms with E-state index in [4.69, 9.17) is 9.29 Å². The molecule has 37 heavy (non-hydrogen) atoms. The predicted octanol–water partition coefficient (Wildman–Crippen LogP) is 3.40. The van der Waals surface area contributed by atoms with Crippen molar-refractivity contribution in [2.24, 2.45) is 10.2 Å². The predicted molar refractivity (Wildman–Crippen MR) is 130 cm³/mol. The Kier molecular flexibility index (Phi) is 6.79. The summed E-state index contributed by atoms with van der Waals surface area (Å²) >= 11 is 0. The van der Waals surface area contributed by atoms with Gasteiger partial charge in [0.05, 0.1) is 22.9 Å². The molecule has 192 valence electrons. The van der Waals surface area contributed by atoms with Crippen LogP contribution in [0, 0.1) is 0 Å². The van der Waals surface area contributed by atoms with Crippen molar-refractivity contribution in [3.05, 3.63) is 76.7 Å². The number of fused-ring (bicyclic) bond motifs is 1. The van der Waals surface area contributed by atoms with Gasteiger partial charge in [-0.3, -0.25) is 19.0 Å². The molecule has 4 rings (SSSR count). The molecule has 0 amide bonds. The summed E-state index contributed by atoms with van der Waals surface area (Å²) in [7, 11) is -8.99. The summed E-state index contributed by atoms with van der Waals surface area (Å²) in [5.41, 5.74) is -1.34. The maximum Gasteiger partial charge on any atom is 0.358 e. The first kappa shape index (κ1) is 25.9. The molecule has 0 unspecified atom stereocenters. The molecule has 4 aromatic rings. The van der Waals surface area contributed by atoms with E-state index in [0.29, 0.717) is 5.39 Å². The molecule has 0 bridgehead atoms. The van der Waals surface area contributed by atoms with Crippen molar-refractivity contribution in [1.29, 1.82) is 0 Å². The van der Waals surface area contributed by atoms with Crippen molar-refractivity contribution >= 4 is 48.4 Å². The molecule has 0 atom stereocenters. The number of ether oxygens (including phenoxy) is 1. The lowest BCUT2D eigenvalue weighted by molar-refractivity contribution is 0.0519. The second-order valence-electron chi connectivity index (χ2n) is 7.47. The van der Waals surface area contributed by atoms with Gasteiger partial charge in [0.15, 0.2) is 11.4 Å². The molecule has 0 saturated carbocycles. The first-order chi connectivity index (χ1) is 17.4. The van der Waals surface area contributed by atoms with E-state index in [2.05, 4.69) is 15.3 Å². The Bertz CT molecular complexity index is 1820. The van der Waals surface area contributed by atoms with Gasteiger partial charge in [-0.2, -0.15) is 16.8 Å². The minimum Gasteiger partial charge on any atom is -0.461 e. The molecular formula is C22H18N4O9S2. The summed E-state index contributed by atoms with van der Waals surface area (Å²) in [6.45, 7) is 1.55. The lowest BCUT2D eigenvalue weighted by atomic mass is 10.1. The molecule has 13 nitrogen and oxygen atoms in total. The Morgan fingerprint density at radius 2 is 1.57 bits per heavy atom. The first-order valence-electron chi connectivity index (χ1n) is 10.4. The van der Waals surface area contributed by atoms with Crippen LogP contribution in [0.5, 0.6) is 0 Å². The first-order valence-corrected chi connectivity index (χ1v) is 13.3. The van der Waals surface area contributed by atoms with Gasteiger partial charge in [0.1, 0.15) is 4.90 Å². The molecule has 0 aliphatic carbocycles. The van der Waals surface area contributed by atoms with Crippen molar-refractivity contribution in [1.82, 2.24) is 9.78 Å². The third kappa shape index (κ3) is 5.19. The average Bonchev–Trinajstić information content (AvgIpc) is 3.17. The molecule has 0 spiro atoms. The number of azo groups is 1. The summed E-state index contributed by atoms with van der Waals surface area (Å²) in [6.07, 6.45) is 0.